The molecule has 0 atom stereocenters. The van der Waals surface area contributed by atoms with Crippen molar-refractivity contribution in [1.82, 2.24) is 15.0 Å². The normalized spacial score (nSPS) is 11.6. The van der Waals surface area contributed by atoms with Crippen molar-refractivity contribution in [2.24, 2.45) is 0 Å². The molecule has 0 saturated heterocycles. The number of thiophene rings is 1. The third-order valence-corrected chi connectivity index (χ3v) is 12.0. The highest BCUT2D eigenvalue weighted by Gasteiger charge is 2.21. The molecule has 0 N–H and O–H groups in total. The van der Waals surface area contributed by atoms with Gasteiger partial charge in [0.25, 0.3) is 0 Å². The van der Waals surface area contributed by atoms with Crippen molar-refractivity contribution in [2.45, 2.75) is 0 Å². The number of nitrogens with zero attached hydrogens (tertiary/aromatic N) is 3. The Morgan fingerprint density at radius 1 is 0.273 bits per heavy atom. The summed E-state index contributed by atoms with van der Waals surface area (Å²) in [5.74, 6) is 1.93. The SMILES string of the molecule is c1ccc(-c2cccc3ccccc23)c(-c2nc(-c3ccccc3-c3cc4ccccc4c4ccccc34)nc(-c3cccc4c3sc3ccccc34)n2)c1. The maximum atomic E-state index is 5.40. The van der Waals surface area contributed by atoms with Gasteiger partial charge in [-0.05, 0) is 72.8 Å². The van der Waals surface area contributed by atoms with Crippen molar-refractivity contribution in [1.29, 1.82) is 0 Å². The third-order valence-electron chi connectivity index (χ3n) is 10.8. The van der Waals surface area contributed by atoms with E-state index in [-0.39, 0.29) is 0 Å². The summed E-state index contributed by atoms with van der Waals surface area (Å²) in [6, 6.07) is 66.8. The second kappa shape index (κ2) is 12.8. The molecule has 0 saturated carbocycles. The molecule has 0 bridgehead atoms. The average Bonchev–Trinajstić information content (AvgIpc) is 3.65. The first-order valence-electron chi connectivity index (χ1n) is 18.5. The van der Waals surface area contributed by atoms with Gasteiger partial charge in [0.05, 0.1) is 0 Å². The van der Waals surface area contributed by atoms with Gasteiger partial charge in [0.15, 0.2) is 17.5 Å². The van der Waals surface area contributed by atoms with E-state index in [9.17, 15) is 0 Å². The van der Waals surface area contributed by atoms with Gasteiger partial charge >= 0.3 is 0 Å². The Morgan fingerprint density at radius 2 is 0.727 bits per heavy atom. The smallest absolute Gasteiger partial charge is 0.165 e. The molecule has 3 nitrogen and oxygen atoms in total. The molecule has 2 aromatic heterocycles. The van der Waals surface area contributed by atoms with Crippen LogP contribution < -0.4 is 0 Å². The van der Waals surface area contributed by atoms with Crippen LogP contribution in [0.3, 0.4) is 0 Å². The molecule has 2 heterocycles. The van der Waals surface area contributed by atoms with Crippen LogP contribution in [0.15, 0.2) is 188 Å². The third kappa shape index (κ3) is 5.22. The molecule has 55 heavy (non-hydrogen) atoms. The lowest BCUT2D eigenvalue weighted by Crippen LogP contribution is -2.02. The van der Waals surface area contributed by atoms with Crippen LogP contribution in [-0.4, -0.2) is 15.0 Å². The maximum absolute atomic E-state index is 5.40. The second-order valence-corrected chi connectivity index (χ2v) is 14.9. The standard InChI is InChI=1S/C51H31N3S/c1-3-18-34-32(15-1)17-13-27-37(34)38-21-7-9-25-43(38)49-52-50(54-51(53-49)45-29-14-28-42-41-24-11-12-30-47(41)55-48(42)45)44-26-10-8-23-40(44)46-31-33-16-2-4-19-35(33)36-20-5-6-22-39(36)46/h1-31H. The van der Waals surface area contributed by atoms with E-state index in [0.29, 0.717) is 17.5 Å². The quantitative estimate of drug-likeness (QED) is 0.166. The summed E-state index contributed by atoms with van der Waals surface area (Å²) < 4.78 is 2.41. The Balaban J connectivity index is 1.20. The van der Waals surface area contributed by atoms with Gasteiger partial charge in [-0.25, -0.2) is 15.0 Å². The Morgan fingerprint density at radius 3 is 1.47 bits per heavy atom. The first-order chi connectivity index (χ1) is 27.3. The molecular formula is C51H31N3S. The summed E-state index contributed by atoms with van der Waals surface area (Å²) >= 11 is 1.79. The number of fused-ring (bicyclic) bond motifs is 7. The minimum atomic E-state index is 0.638. The van der Waals surface area contributed by atoms with Crippen LogP contribution in [0.4, 0.5) is 0 Å². The largest absolute Gasteiger partial charge is 0.208 e. The van der Waals surface area contributed by atoms with Gasteiger partial charge in [-0.2, -0.15) is 0 Å². The predicted octanol–water partition coefficient (Wildman–Crippen LogP) is 14.0. The fourth-order valence-electron chi connectivity index (χ4n) is 8.22. The monoisotopic (exact) mass is 717 g/mol. The van der Waals surface area contributed by atoms with Crippen LogP contribution in [0, 0.1) is 0 Å². The first kappa shape index (κ1) is 31.5. The van der Waals surface area contributed by atoms with Crippen LogP contribution in [0.25, 0.3) is 109 Å². The van der Waals surface area contributed by atoms with Crippen LogP contribution in [0.1, 0.15) is 0 Å². The number of hydrogen-bond acceptors (Lipinski definition) is 4. The van der Waals surface area contributed by atoms with Crippen molar-refractivity contribution in [3.8, 4) is 56.4 Å². The average molecular weight is 718 g/mol. The topological polar surface area (TPSA) is 38.7 Å². The minimum absolute atomic E-state index is 0.638. The van der Waals surface area contributed by atoms with Crippen molar-refractivity contribution in [2.75, 3.05) is 0 Å². The fraction of sp³-hybridized carbons (Fsp3) is 0. The molecule has 11 rings (SSSR count). The van der Waals surface area contributed by atoms with E-state index in [2.05, 4.69) is 188 Å². The highest BCUT2D eigenvalue weighted by atomic mass is 32.1. The zero-order valence-corrected chi connectivity index (χ0v) is 30.5. The van der Waals surface area contributed by atoms with E-state index in [1.165, 1.54) is 52.5 Å². The number of benzene rings is 9. The number of aromatic nitrogens is 3. The van der Waals surface area contributed by atoms with Gasteiger partial charge < -0.3 is 0 Å². The second-order valence-electron chi connectivity index (χ2n) is 13.9. The van der Waals surface area contributed by atoms with Gasteiger partial charge in [0.1, 0.15) is 0 Å². The van der Waals surface area contributed by atoms with E-state index >= 15 is 0 Å². The van der Waals surface area contributed by atoms with Gasteiger partial charge in [0.2, 0.25) is 0 Å². The van der Waals surface area contributed by atoms with Crippen molar-refractivity contribution in [3.63, 3.8) is 0 Å². The molecule has 0 amide bonds. The van der Waals surface area contributed by atoms with Gasteiger partial charge in [0, 0.05) is 36.9 Å². The Labute approximate surface area is 321 Å². The van der Waals surface area contributed by atoms with E-state index in [1.807, 2.05) is 0 Å². The number of rotatable bonds is 5. The van der Waals surface area contributed by atoms with E-state index < -0.39 is 0 Å². The summed E-state index contributed by atoms with van der Waals surface area (Å²) in [6.07, 6.45) is 0. The van der Waals surface area contributed by atoms with Crippen molar-refractivity contribution >= 4 is 63.8 Å². The highest BCUT2D eigenvalue weighted by Crippen LogP contribution is 2.43. The van der Waals surface area contributed by atoms with Gasteiger partial charge in [-0.3, -0.25) is 0 Å². The molecule has 0 aliphatic heterocycles. The summed E-state index contributed by atoms with van der Waals surface area (Å²) in [7, 11) is 0. The molecular weight excluding hydrogens is 687 g/mol. The first-order valence-corrected chi connectivity index (χ1v) is 19.3. The van der Waals surface area contributed by atoms with E-state index in [4.69, 9.17) is 15.0 Å². The Kier molecular flexibility index (Phi) is 7.35. The zero-order chi connectivity index (χ0) is 36.3. The van der Waals surface area contributed by atoms with Gasteiger partial charge in [-0.1, -0.05) is 170 Å². The zero-order valence-electron chi connectivity index (χ0n) is 29.6. The lowest BCUT2D eigenvalue weighted by atomic mass is 9.91. The van der Waals surface area contributed by atoms with Crippen molar-refractivity contribution in [3.05, 3.63) is 188 Å². The molecule has 9 aromatic carbocycles. The number of hydrogen-bond donors (Lipinski definition) is 0. The molecule has 0 fully saturated rings. The lowest BCUT2D eigenvalue weighted by molar-refractivity contribution is 1.08. The molecule has 4 heteroatoms. The summed E-state index contributed by atoms with van der Waals surface area (Å²) in [6.45, 7) is 0. The molecule has 0 aliphatic rings. The molecule has 0 spiro atoms. The summed E-state index contributed by atoms with van der Waals surface area (Å²) in [5.41, 5.74) is 7.37. The molecule has 0 radical (unpaired) electrons. The highest BCUT2D eigenvalue weighted by molar-refractivity contribution is 7.26. The Bertz CT molecular complexity index is 3280. The maximum Gasteiger partial charge on any atom is 0.165 e. The van der Waals surface area contributed by atoms with Gasteiger partial charge in [-0.15, -0.1) is 11.3 Å². The minimum Gasteiger partial charge on any atom is -0.208 e. The molecule has 0 aliphatic carbocycles. The predicted molar refractivity (Wildman–Crippen MR) is 232 cm³/mol. The fourth-order valence-corrected chi connectivity index (χ4v) is 9.44. The summed E-state index contributed by atoms with van der Waals surface area (Å²) in [4.78, 5) is 16.1. The molecule has 0 unspecified atom stereocenters. The Hall–Kier alpha value is -7.01. The van der Waals surface area contributed by atoms with Crippen LogP contribution in [0.2, 0.25) is 0 Å². The van der Waals surface area contributed by atoms with Crippen LogP contribution in [0.5, 0.6) is 0 Å². The molecule has 11 aromatic rings. The molecule has 256 valence electrons. The lowest BCUT2D eigenvalue weighted by Gasteiger charge is -2.16. The summed E-state index contributed by atoms with van der Waals surface area (Å²) in [5, 5.41) is 9.70. The van der Waals surface area contributed by atoms with Crippen LogP contribution >= 0.6 is 11.3 Å². The van der Waals surface area contributed by atoms with Crippen LogP contribution in [-0.2, 0) is 0 Å². The van der Waals surface area contributed by atoms with E-state index in [1.54, 1.807) is 11.3 Å². The van der Waals surface area contributed by atoms with Crippen molar-refractivity contribution < 1.29 is 0 Å². The van der Waals surface area contributed by atoms with E-state index in [0.717, 1.165) is 38.9 Å².